The largest absolute Gasteiger partial charge is 0.323 e. The van der Waals surface area contributed by atoms with Crippen LogP contribution in [-0.4, -0.2) is 15.7 Å². The molecule has 0 aliphatic heterocycles. The van der Waals surface area contributed by atoms with Crippen LogP contribution in [0.15, 0.2) is 53.5 Å². The molecule has 1 N–H and O–H groups in total. The van der Waals surface area contributed by atoms with Gasteiger partial charge in [0.15, 0.2) is 0 Å². The van der Waals surface area contributed by atoms with Crippen LogP contribution in [0.3, 0.4) is 0 Å². The number of nitrogens with one attached hydrogen (secondary N) is 1. The van der Waals surface area contributed by atoms with E-state index in [4.69, 9.17) is 11.6 Å². The Labute approximate surface area is 135 Å². The second kappa shape index (κ2) is 6.18. The Morgan fingerprint density at radius 1 is 1.26 bits per heavy atom. The third-order valence-electron chi connectivity index (χ3n) is 3.26. The van der Waals surface area contributed by atoms with Gasteiger partial charge >= 0.3 is 0 Å². The van der Waals surface area contributed by atoms with Gasteiger partial charge in [0.25, 0.3) is 0 Å². The molecular formula is C16H11ClFN3O2. The highest BCUT2D eigenvalue weighted by Gasteiger charge is 2.10. The maximum Gasteiger partial charge on any atom is 0.246 e. The van der Waals surface area contributed by atoms with Gasteiger partial charge < -0.3 is 5.32 Å². The normalized spacial score (nSPS) is 10.7. The summed E-state index contributed by atoms with van der Waals surface area (Å²) in [4.78, 5) is 23.9. The minimum atomic E-state index is -0.485. The zero-order valence-corrected chi connectivity index (χ0v) is 12.5. The van der Waals surface area contributed by atoms with Gasteiger partial charge in [0.05, 0.1) is 22.4 Å². The highest BCUT2D eigenvalue weighted by Crippen LogP contribution is 2.22. The lowest BCUT2D eigenvalue weighted by atomic mass is 10.2. The fourth-order valence-electron chi connectivity index (χ4n) is 2.20. The predicted molar refractivity (Wildman–Crippen MR) is 86.0 cm³/mol. The molecule has 0 spiro atoms. The van der Waals surface area contributed by atoms with E-state index < -0.39 is 5.82 Å². The van der Waals surface area contributed by atoms with Crippen molar-refractivity contribution < 1.29 is 9.18 Å². The summed E-state index contributed by atoms with van der Waals surface area (Å²) in [6.45, 7) is -0.103. The molecule has 5 nitrogen and oxygen atoms in total. The van der Waals surface area contributed by atoms with Crippen LogP contribution in [0.1, 0.15) is 0 Å². The van der Waals surface area contributed by atoms with Gasteiger partial charge in [-0.3, -0.25) is 14.3 Å². The number of benzene rings is 2. The number of aromatic nitrogens is 2. The summed E-state index contributed by atoms with van der Waals surface area (Å²) in [6.07, 6.45) is 1.17. The molecule has 1 aromatic heterocycles. The number of rotatable bonds is 3. The van der Waals surface area contributed by atoms with E-state index in [1.54, 1.807) is 24.3 Å². The highest BCUT2D eigenvalue weighted by molar-refractivity contribution is 6.33. The fraction of sp³-hybridized carbons (Fsp3) is 0.0625. The average molecular weight is 332 g/mol. The van der Waals surface area contributed by atoms with Crippen molar-refractivity contribution in [1.29, 1.82) is 0 Å². The maximum absolute atomic E-state index is 13.0. The second-order valence-electron chi connectivity index (χ2n) is 4.86. The number of hydrogen-bond acceptors (Lipinski definition) is 3. The predicted octanol–water partition coefficient (Wildman–Crippen LogP) is 2.83. The molecule has 2 aromatic carbocycles. The van der Waals surface area contributed by atoms with Crippen molar-refractivity contribution in [3.8, 4) is 0 Å². The van der Waals surface area contributed by atoms with Crippen molar-refractivity contribution >= 4 is 34.1 Å². The number of carbonyl (C=O) groups excluding carboxylic acids is 1. The summed E-state index contributed by atoms with van der Waals surface area (Å²) in [5.41, 5.74) is 0.655. The number of para-hydroxylation sites is 1. The van der Waals surface area contributed by atoms with Crippen LogP contribution in [0.2, 0.25) is 5.02 Å². The Hall–Kier alpha value is -2.73. The Bertz CT molecular complexity index is 955. The first-order valence-electron chi connectivity index (χ1n) is 6.74. The zero-order chi connectivity index (χ0) is 16.4. The minimum absolute atomic E-state index is 0.103. The summed E-state index contributed by atoms with van der Waals surface area (Å²) < 4.78 is 14.4. The lowest BCUT2D eigenvalue weighted by Gasteiger charge is -2.10. The topological polar surface area (TPSA) is 64.0 Å². The molecule has 0 unspecified atom stereocenters. The lowest BCUT2D eigenvalue weighted by Crippen LogP contribution is -2.22. The van der Waals surface area contributed by atoms with E-state index in [0.717, 1.165) is 6.07 Å². The molecule has 1 heterocycles. The van der Waals surface area contributed by atoms with E-state index in [1.807, 2.05) is 0 Å². The first-order valence-corrected chi connectivity index (χ1v) is 7.12. The molecule has 0 radical (unpaired) electrons. The number of carbonyl (C=O) groups is 1. The summed E-state index contributed by atoms with van der Waals surface area (Å²) in [7, 11) is 0. The number of nitrogens with zero attached hydrogens (tertiary/aromatic N) is 2. The smallest absolute Gasteiger partial charge is 0.246 e. The number of halogens is 2. The Morgan fingerprint density at radius 2 is 2.04 bits per heavy atom. The van der Waals surface area contributed by atoms with Crippen LogP contribution in [0.25, 0.3) is 10.9 Å². The van der Waals surface area contributed by atoms with Crippen molar-refractivity contribution in [3.05, 3.63) is 69.7 Å². The Balaban J connectivity index is 1.86. The van der Waals surface area contributed by atoms with Gasteiger partial charge in [0.2, 0.25) is 11.3 Å². The van der Waals surface area contributed by atoms with E-state index in [9.17, 15) is 14.0 Å². The maximum atomic E-state index is 13.0. The van der Waals surface area contributed by atoms with Crippen LogP contribution < -0.4 is 10.7 Å². The first-order chi connectivity index (χ1) is 11.0. The van der Waals surface area contributed by atoms with Gasteiger partial charge in [-0.15, -0.1) is 0 Å². The van der Waals surface area contributed by atoms with Gasteiger partial charge in [0, 0.05) is 5.39 Å². The number of fused-ring (bicyclic) bond motifs is 1. The molecule has 0 saturated heterocycles. The van der Waals surface area contributed by atoms with Crippen LogP contribution >= 0.6 is 11.6 Å². The van der Waals surface area contributed by atoms with Crippen LogP contribution in [0, 0.1) is 5.82 Å². The molecule has 0 saturated carbocycles. The first kappa shape index (κ1) is 15.2. The van der Waals surface area contributed by atoms with Crippen molar-refractivity contribution in [2.45, 2.75) is 6.54 Å². The van der Waals surface area contributed by atoms with Crippen molar-refractivity contribution in [1.82, 2.24) is 9.78 Å². The van der Waals surface area contributed by atoms with Gasteiger partial charge in [-0.1, -0.05) is 23.7 Å². The van der Waals surface area contributed by atoms with Crippen LogP contribution in [0.4, 0.5) is 10.1 Å². The van der Waals surface area contributed by atoms with Gasteiger partial charge in [-0.25, -0.2) is 4.39 Å². The molecule has 1 amide bonds. The molecule has 7 heteroatoms. The van der Waals surface area contributed by atoms with E-state index in [1.165, 1.54) is 23.0 Å². The summed E-state index contributed by atoms with van der Waals surface area (Å²) in [5, 5.41) is 7.15. The van der Waals surface area contributed by atoms with Crippen LogP contribution in [-0.2, 0) is 11.3 Å². The lowest BCUT2D eigenvalue weighted by molar-refractivity contribution is -0.116. The summed E-state index contributed by atoms with van der Waals surface area (Å²) >= 11 is 5.87. The monoisotopic (exact) mass is 331 g/mol. The highest BCUT2D eigenvalue weighted by atomic mass is 35.5. The van der Waals surface area contributed by atoms with Gasteiger partial charge in [-0.2, -0.15) is 5.10 Å². The van der Waals surface area contributed by atoms with E-state index in [-0.39, 0.29) is 22.9 Å². The molecule has 0 aliphatic rings. The van der Waals surface area contributed by atoms with Crippen molar-refractivity contribution in [2.75, 3.05) is 5.32 Å². The van der Waals surface area contributed by atoms with Gasteiger partial charge in [0.1, 0.15) is 12.4 Å². The SMILES string of the molecule is O=C(Cn1ncc(=O)c2ccccc21)Nc1ccc(F)cc1Cl. The van der Waals surface area contributed by atoms with Crippen molar-refractivity contribution in [3.63, 3.8) is 0 Å². The fourth-order valence-corrected chi connectivity index (χ4v) is 2.42. The quantitative estimate of drug-likeness (QED) is 0.802. The third-order valence-corrected chi connectivity index (χ3v) is 3.57. The van der Waals surface area contributed by atoms with Crippen molar-refractivity contribution in [2.24, 2.45) is 0 Å². The molecule has 0 aliphatic carbocycles. The van der Waals surface area contributed by atoms with E-state index >= 15 is 0 Å². The molecule has 3 rings (SSSR count). The molecule has 0 fully saturated rings. The molecule has 23 heavy (non-hydrogen) atoms. The zero-order valence-electron chi connectivity index (χ0n) is 11.8. The molecule has 0 atom stereocenters. The average Bonchev–Trinajstić information content (AvgIpc) is 2.53. The van der Waals surface area contributed by atoms with E-state index in [0.29, 0.717) is 16.6 Å². The van der Waals surface area contributed by atoms with Crippen LogP contribution in [0.5, 0.6) is 0 Å². The Kier molecular flexibility index (Phi) is 4.08. The molecule has 116 valence electrons. The number of anilines is 1. The Morgan fingerprint density at radius 3 is 2.83 bits per heavy atom. The summed E-state index contributed by atoms with van der Waals surface area (Å²) in [6, 6.07) is 10.6. The minimum Gasteiger partial charge on any atom is -0.323 e. The molecule has 3 aromatic rings. The molecule has 0 bridgehead atoms. The van der Waals surface area contributed by atoms with E-state index in [2.05, 4.69) is 10.4 Å². The number of amides is 1. The van der Waals surface area contributed by atoms with Gasteiger partial charge in [-0.05, 0) is 30.3 Å². The standard InChI is InChI=1S/C16H11ClFN3O2/c17-12-7-10(18)5-6-13(12)20-16(23)9-21-14-4-2-1-3-11(14)15(22)8-19-21/h1-8H,9H2,(H,20,23). The summed E-state index contributed by atoms with van der Waals surface area (Å²) in [5.74, 6) is -0.874. The molecular weight excluding hydrogens is 321 g/mol. The second-order valence-corrected chi connectivity index (χ2v) is 5.26. The third kappa shape index (κ3) is 3.22. The number of hydrogen-bond donors (Lipinski definition) is 1.